The van der Waals surface area contributed by atoms with Crippen molar-refractivity contribution in [2.75, 3.05) is 25.0 Å². The van der Waals surface area contributed by atoms with Crippen molar-refractivity contribution >= 4 is 17.6 Å². The second kappa shape index (κ2) is 11.0. The molecule has 0 aliphatic carbocycles. The molecule has 1 amide bonds. The first-order valence-corrected chi connectivity index (χ1v) is 11.9. The van der Waals surface area contributed by atoms with Gasteiger partial charge in [0.2, 0.25) is 5.91 Å². The van der Waals surface area contributed by atoms with E-state index in [2.05, 4.69) is 41.3 Å². The fraction of sp³-hybridized carbons (Fsp3) is 0.310. The Kier molecular flexibility index (Phi) is 7.63. The summed E-state index contributed by atoms with van der Waals surface area (Å²) >= 11 is 0. The predicted molar refractivity (Wildman–Crippen MR) is 135 cm³/mol. The van der Waals surface area contributed by atoms with Crippen LogP contribution in [0.25, 0.3) is 0 Å². The van der Waals surface area contributed by atoms with Crippen molar-refractivity contribution in [1.82, 2.24) is 4.90 Å². The molecule has 5 heteroatoms. The summed E-state index contributed by atoms with van der Waals surface area (Å²) in [6.45, 7) is 2.02. The van der Waals surface area contributed by atoms with Crippen molar-refractivity contribution in [3.8, 4) is 0 Å². The molecule has 0 spiro atoms. The number of amides is 1. The first-order chi connectivity index (χ1) is 16.5. The molecule has 1 fully saturated rings. The molecule has 1 N–H and O–H groups in total. The van der Waals surface area contributed by atoms with Gasteiger partial charge in [-0.1, -0.05) is 72.8 Å². The third-order valence-electron chi connectivity index (χ3n) is 6.75. The minimum atomic E-state index is -0.696. The number of anilines is 1. The topological polar surface area (TPSA) is 60.9 Å². The summed E-state index contributed by atoms with van der Waals surface area (Å²) in [5.41, 5.74) is 4.45. The van der Waals surface area contributed by atoms with Gasteiger partial charge >= 0.3 is 5.97 Å². The summed E-state index contributed by atoms with van der Waals surface area (Å²) in [6, 6.07) is 28.7. The van der Waals surface area contributed by atoms with Crippen LogP contribution in [0.15, 0.2) is 84.9 Å². The van der Waals surface area contributed by atoms with E-state index in [1.54, 1.807) is 4.90 Å². The maximum absolute atomic E-state index is 13.3. The predicted octanol–water partition coefficient (Wildman–Crippen LogP) is 5.17. The zero-order chi connectivity index (χ0) is 23.9. The van der Waals surface area contributed by atoms with Gasteiger partial charge in [0.1, 0.15) is 0 Å². The highest BCUT2D eigenvalue weighted by molar-refractivity contribution is 5.77. The number of hydrogen-bond acceptors (Lipinski definition) is 3. The van der Waals surface area contributed by atoms with Crippen LogP contribution in [0.4, 0.5) is 5.69 Å². The Balaban J connectivity index is 1.42. The number of carbonyl (C=O) groups excluding carboxylic acids is 1. The Hall–Kier alpha value is -3.60. The van der Waals surface area contributed by atoms with E-state index >= 15 is 0 Å². The van der Waals surface area contributed by atoms with Gasteiger partial charge in [-0.25, -0.2) is 0 Å². The van der Waals surface area contributed by atoms with Gasteiger partial charge in [-0.3, -0.25) is 9.59 Å². The molecule has 4 rings (SSSR count). The van der Waals surface area contributed by atoms with Crippen molar-refractivity contribution in [2.24, 2.45) is 5.92 Å². The average molecular weight is 457 g/mol. The highest BCUT2D eigenvalue weighted by atomic mass is 16.4. The smallest absolute Gasteiger partial charge is 0.306 e. The van der Waals surface area contributed by atoms with Crippen LogP contribution in [0.5, 0.6) is 0 Å². The quantitative estimate of drug-likeness (QED) is 0.508. The molecule has 0 atom stereocenters. The maximum atomic E-state index is 13.3. The van der Waals surface area contributed by atoms with E-state index in [1.807, 2.05) is 55.6 Å². The van der Waals surface area contributed by atoms with E-state index in [0.717, 1.165) is 35.5 Å². The molecule has 5 nitrogen and oxygen atoms in total. The Labute approximate surface area is 201 Å². The molecule has 34 heavy (non-hydrogen) atoms. The molecule has 0 radical (unpaired) electrons. The van der Waals surface area contributed by atoms with Crippen LogP contribution in [0.3, 0.4) is 0 Å². The molecule has 0 bridgehead atoms. The number of carboxylic acid groups (broad SMARTS) is 1. The molecule has 0 unspecified atom stereocenters. The zero-order valence-corrected chi connectivity index (χ0v) is 19.6. The van der Waals surface area contributed by atoms with Crippen LogP contribution >= 0.6 is 0 Å². The molecular weight excluding hydrogens is 424 g/mol. The summed E-state index contributed by atoms with van der Waals surface area (Å²) in [4.78, 5) is 28.5. The van der Waals surface area contributed by atoms with Crippen molar-refractivity contribution in [3.63, 3.8) is 0 Å². The van der Waals surface area contributed by atoms with Gasteiger partial charge in [-0.05, 0) is 41.7 Å². The Morgan fingerprint density at radius 3 is 2.06 bits per heavy atom. The van der Waals surface area contributed by atoms with E-state index in [-0.39, 0.29) is 17.7 Å². The van der Waals surface area contributed by atoms with Crippen LogP contribution in [-0.2, 0) is 16.1 Å². The Morgan fingerprint density at radius 2 is 1.50 bits per heavy atom. The number of carboxylic acids is 1. The number of piperidine rings is 1. The first kappa shape index (κ1) is 23.6. The molecule has 3 aromatic carbocycles. The fourth-order valence-corrected chi connectivity index (χ4v) is 4.73. The van der Waals surface area contributed by atoms with E-state index < -0.39 is 5.97 Å². The molecule has 1 aliphatic rings. The van der Waals surface area contributed by atoms with E-state index in [0.29, 0.717) is 25.8 Å². The molecule has 0 saturated carbocycles. The van der Waals surface area contributed by atoms with E-state index in [9.17, 15) is 14.7 Å². The van der Waals surface area contributed by atoms with Crippen LogP contribution in [-0.4, -0.2) is 42.0 Å². The van der Waals surface area contributed by atoms with Gasteiger partial charge in [-0.2, -0.15) is 0 Å². The summed E-state index contributed by atoms with van der Waals surface area (Å²) in [6.07, 6.45) is 1.74. The number of hydrogen-bond donors (Lipinski definition) is 1. The van der Waals surface area contributed by atoms with Gasteiger partial charge in [0.05, 0.1) is 5.92 Å². The second-order valence-electron chi connectivity index (χ2n) is 9.10. The lowest BCUT2D eigenvalue weighted by Gasteiger charge is -2.32. The Morgan fingerprint density at radius 1 is 0.912 bits per heavy atom. The number of aliphatic carboxylic acids is 1. The number of nitrogens with zero attached hydrogens (tertiary/aromatic N) is 2. The van der Waals surface area contributed by atoms with Gasteiger partial charge in [0.25, 0.3) is 0 Å². The first-order valence-electron chi connectivity index (χ1n) is 11.9. The lowest BCUT2D eigenvalue weighted by molar-refractivity contribution is -0.142. The average Bonchev–Trinajstić information content (AvgIpc) is 2.88. The minimum Gasteiger partial charge on any atom is -0.481 e. The van der Waals surface area contributed by atoms with Crippen molar-refractivity contribution in [3.05, 3.63) is 102 Å². The standard InChI is InChI=1S/C29H32N2O3/c1-30(21-22-9-8-14-26(19-22)31-17-15-25(16-18-31)29(33)34)28(32)20-27(23-10-4-2-5-11-23)24-12-6-3-7-13-24/h2-14,19,25,27H,15-18,20-21H2,1H3,(H,33,34). The molecule has 3 aromatic rings. The fourth-order valence-electron chi connectivity index (χ4n) is 4.73. The summed E-state index contributed by atoms with van der Waals surface area (Å²) in [7, 11) is 1.86. The van der Waals surface area contributed by atoms with E-state index in [4.69, 9.17) is 0 Å². The van der Waals surface area contributed by atoms with Crippen LogP contribution in [0.1, 0.15) is 41.9 Å². The zero-order valence-electron chi connectivity index (χ0n) is 19.6. The van der Waals surface area contributed by atoms with Gasteiger partial charge in [-0.15, -0.1) is 0 Å². The minimum absolute atomic E-state index is 0.0132. The second-order valence-corrected chi connectivity index (χ2v) is 9.10. The molecule has 0 aromatic heterocycles. The molecular formula is C29H32N2O3. The van der Waals surface area contributed by atoms with Gasteiger partial charge < -0.3 is 14.9 Å². The molecule has 1 saturated heterocycles. The third-order valence-corrected chi connectivity index (χ3v) is 6.75. The summed E-state index contributed by atoms with van der Waals surface area (Å²) in [5, 5.41) is 9.24. The molecule has 1 aliphatic heterocycles. The van der Waals surface area contributed by atoms with Crippen LogP contribution < -0.4 is 4.90 Å². The summed E-state index contributed by atoms with van der Waals surface area (Å²) < 4.78 is 0. The van der Waals surface area contributed by atoms with Crippen molar-refractivity contribution < 1.29 is 14.7 Å². The Bertz CT molecular complexity index is 1050. The highest BCUT2D eigenvalue weighted by Gasteiger charge is 2.25. The summed E-state index contributed by atoms with van der Waals surface area (Å²) in [5.74, 6) is -0.826. The van der Waals surface area contributed by atoms with Gasteiger partial charge in [0, 0.05) is 44.7 Å². The lowest BCUT2D eigenvalue weighted by Crippen LogP contribution is -2.36. The van der Waals surface area contributed by atoms with Crippen molar-refractivity contribution in [1.29, 1.82) is 0 Å². The molecule has 1 heterocycles. The molecule has 176 valence electrons. The van der Waals surface area contributed by atoms with Crippen molar-refractivity contribution in [2.45, 2.75) is 31.7 Å². The number of benzene rings is 3. The van der Waals surface area contributed by atoms with Crippen LogP contribution in [0, 0.1) is 5.92 Å². The largest absolute Gasteiger partial charge is 0.481 e. The highest BCUT2D eigenvalue weighted by Crippen LogP contribution is 2.29. The lowest BCUT2D eigenvalue weighted by atomic mass is 9.88. The van der Waals surface area contributed by atoms with Crippen LogP contribution in [0.2, 0.25) is 0 Å². The monoisotopic (exact) mass is 456 g/mol. The number of rotatable bonds is 8. The SMILES string of the molecule is CN(Cc1cccc(N2CCC(C(=O)O)CC2)c1)C(=O)CC(c1ccccc1)c1ccccc1. The van der Waals surface area contributed by atoms with E-state index in [1.165, 1.54) is 0 Å². The number of carbonyl (C=O) groups is 2. The normalized spacial score (nSPS) is 14.2. The van der Waals surface area contributed by atoms with Gasteiger partial charge in [0.15, 0.2) is 0 Å². The maximum Gasteiger partial charge on any atom is 0.306 e. The third kappa shape index (κ3) is 5.84.